The minimum atomic E-state index is -3.88. The summed E-state index contributed by atoms with van der Waals surface area (Å²) in [4.78, 5) is 13.0. The number of carbonyl (C=O) groups excluding carboxylic acids is 1. The highest BCUT2D eigenvalue weighted by Crippen LogP contribution is 2.35. The highest BCUT2D eigenvalue weighted by molar-refractivity contribution is 7.92. The van der Waals surface area contributed by atoms with Crippen LogP contribution in [-0.4, -0.2) is 81.2 Å². The van der Waals surface area contributed by atoms with Gasteiger partial charge >= 0.3 is 6.09 Å². The summed E-state index contributed by atoms with van der Waals surface area (Å²) in [5.74, 6) is 0.520. The van der Waals surface area contributed by atoms with Crippen LogP contribution in [0.15, 0.2) is 47.4 Å². The summed E-state index contributed by atoms with van der Waals surface area (Å²) in [6.07, 6.45) is -1.83. The molecule has 2 aromatic rings. The molecule has 1 amide bonds. The Bertz CT molecular complexity index is 1320. The van der Waals surface area contributed by atoms with Crippen LogP contribution in [0.4, 0.5) is 4.79 Å². The number of benzene rings is 2. The number of fused-ring (bicyclic) bond motifs is 2. The van der Waals surface area contributed by atoms with Crippen LogP contribution in [0.1, 0.15) is 25.8 Å². The molecule has 3 heterocycles. The Morgan fingerprint density at radius 3 is 2.61 bits per heavy atom. The third-order valence-electron chi connectivity index (χ3n) is 7.54. The number of aliphatic hydroxyl groups excluding tert-OH is 1. The van der Waals surface area contributed by atoms with Gasteiger partial charge in [-0.25, -0.2) is 13.2 Å². The van der Waals surface area contributed by atoms with E-state index in [0.717, 1.165) is 12.0 Å². The molecule has 0 radical (unpaired) electrons. The topological polar surface area (TPSA) is 162 Å². The fourth-order valence-corrected chi connectivity index (χ4v) is 7.18. The molecule has 12 nitrogen and oxygen atoms in total. The van der Waals surface area contributed by atoms with Crippen molar-refractivity contribution >= 4 is 15.9 Å². The molecule has 5 rings (SSSR count). The average molecular weight is 593 g/mol. The highest BCUT2D eigenvalue weighted by atomic mass is 32.2. The lowest BCUT2D eigenvalue weighted by atomic mass is 10.0. The van der Waals surface area contributed by atoms with Crippen LogP contribution in [0.25, 0.3) is 0 Å². The molecule has 3 aliphatic heterocycles. The molecule has 0 aromatic heterocycles. The summed E-state index contributed by atoms with van der Waals surface area (Å²) in [5.41, 5.74) is 0.744. The van der Waals surface area contributed by atoms with Gasteiger partial charge in [0.1, 0.15) is 17.2 Å². The van der Waals surface area contributed by atoms with Crippen LogP contribution in [0, 0.1) is 11.8 Å². The normalized spacial score (nSPS) is 23.7. The van der Waals surface area contributed by atoms with E-state index in [1.54, 1.807) is 32.0 Å². The maximum absolute atomic E-state index is 13.6. The van der Waals surface area contributed by atoms with Gasteiger partial charge < -0.3 is 39.2 Å². The zero-order valence-corrected chi connectivity index (χ0v) is 23.7. The summed E-state index contributed by atoms with van der Waals surface area (Å²) < 4.78 is 54.4. The lowest BCUT2D eigenvalue weighted by Gasteiger charge is -2.29. The molecule has 0 aliphatic carbocycles. The van der Waals surface area contributed by atoms with Crippen molar-refractivity contribution in [3.63, 3.8) is 0 Å². The van der Waals surface area contributed by atoms with E-state index in [-0.39, 0.29) is 55.1 Å². The molecular weight excluding hydrogens is 556 g/mol. The van der Waals surface area contributed by atoms with Gasteiger partial charge in [0.15, 0.2) is 27.6 Å². The van der Waals surface area contributed by atoms with Gasteiger partial charge in [-0.05, 0) is 48.6 Å². The molecule has 2 fully saturated rings. The third kappa shape index (κ3) is 6.70. The van der Waals surface area contributed by atoms with Crippen LogP contribution < -0.4 is 20.1 Å². The number of aromatic hydroxyl groups is 1. The Hall–Kier alpha value is -3.10. The first-order valence-electron chi connectivity index (χ1n) is 13.6. The van der Waals surface area contributed by atoms with Gasteiger partial charge in [0.05, 0.1) is 36.2 Å². The van der Waals surface area contributed by atoms with E-state index < -0.39 is 39.6 Å². The number of phenolic OH excluding ortho intramolecular Hbond substituents is 1. The van der Waals surface area contributed by atoms with Gasteiger partial charge in [-0.15, -0.1) is 0 Å². The van der Waals surface area contributed by atoms with E-state index >= 15 is 0 Å². The molecule has 4 N–H and O–H groups in total. The smallest absolute Gasteiger partial charge is 0.407 e. The van der Waals surface area contributed by atoms with Crippen molar-refractivity contribution in [2.24, 2.45) is 11.8 Å². The lowest BCUT2D eigenvalue weighted by Crippen LogP contribution is -2.52. The van der Waals surface area contributed by atoms with E-state index in [0.29, 0.717) is 18.1 Å². The van der Waals surface area contributed by atoms with Crippen LogP contribution in [0.5, 0.6) is 17.2 Å². The van der Waals surface area contributed by atoms with E-state index in [4.69, 9.17) is 23.7 Å². The lowest BCUT2D eigenvalue weighted by molar-refractivity contribution is -0.0907. The third-order valence-corrected chi connectivity index (χ3v) is 9.83. The molecule has 0 saturated carbocycles. The molecular formula is C28H36N2O10S. The minimum Gasteiger partial charge on any atom is -0.508 e. The molecule has 41 heavy (non-hydrogen) atoms. The summed E-state index contributed by atoms with van der Waals surface area (Å²) in [6.45, 7) is 4.18. The van der Waals surface area contributed by atoms with E-state index in [1.165, 1.54) is 24.3 Å². The zero-order chi connectivity index (χ0) is 29.1. The van der Waals surface area contributed by atoms with Crippen molar-refractivity contribution in [1.82, 2.24) is 10.6 Å². The highest BCUT2D eigenvalue weighted by Gasteiger charge is 2.44. The first-order valence-corrected chi connectivity index (χ1v) is 15.2. The van der Waals surface area contributed by atoms with Gasteiger partial charge in [0.2, 0.25) is 6.79 Å². The molecule has 2 saturated heterocycles. The second-order valence-electron chi connectivity index (χ2n) is 10.8. The van der Waals surface area contributed by atoms with Crippen LogP contribution in [-0.2, 0) is 30.5 Å². The number of hydrogen-bond donors (Lipinski definition) is 4. The molecule has 1 unspecified atom stereocenters. The maximum Gasteiger partial charge on any atom is 0.407 e. The van der Waals surface area contributed by atoms with Crippen molar-refractivity contribution in [1.29, 1.82) is 0 Å². The SMILES string of the molecule is CC(C)C(NC[C@@H](O)[C@H](Cc1ccc(O)cc1)NC(=O)O[C@H]1CO[C@H]2OCC[C@H]21)S(=O)(=O)c1ccc2c(c1)OCO2. The molecule has 0 spiro atoms. The largest absolute Gasteiger partial charge is 0.508 e. The summed E-state index contributed by atoms with van der Waals surface area (Å²) in [6, 6.07) is 10.0. The zero-order valence-electron chi connectivity index (χ0n) is 22.9. The van der Waals surface area contributed by atoms with Crippen LogP contribution >= 0.6 is 0 Å². The monoisotopic (exact) mass is 592 g/mol. The fourth-order valence-electron chi connectivity index (χ4n) is 5.32. The van der Waals surface area contributed by atoms with Crippen LogP contribution in [0.2, 0.25) is 0 Å². The molecule has 224 valence electrons. The number of ether oxygens (including phenoxy) is 5. The molecule has 6 atom stereocenters. The Kier molecular flexibility index (Phi) is 8.90. The first-order chi connectivity index (χ1) is 19.6. The fraction of sp³-hybridized carbons (Fsp3) is 0.536. The number of rotatable bonds is 11. The molecule has 0 bridgehead atoms. The van der Waals surface area contributed by atoms with Crippen LogP contribution in [0.3, 0.4) is 0 Å². The van der Waals surface area contributed by atoms with Gasteiger partial charge in [-0.1, -0.05) is 26.0 Å². The van der Waals surface area contributed by atoms with Crippen molar-refractivity contribution < 1.29 is 47.1 Å². The van der Waals surface area contributed by atoms with Gasteiger partial charge in [-0.2, -0.15) is 0 Å². The number of amides is 1. The number of alkyl carbamates (subject to hydrolysis) is 1. The Balaban J connectivity index is 1.27. The molecule has 3 aliphatic rings. The predicted octanol–water partition coefficient (Wildman–Crippen LogP) is 1.93. The minimum absolute atomic E-state index is 0.0253. The van der Waals surface area contributed by atoms with E-state index in [1.807, 2.05) is 0 Å². The van der Waals surface area contributed by atoms with Crippen molar-refractivity contribution in [3.05, 3.63) is 48.0 Å². The Morgan fingerprint density at radius 1 is 1.10 bits per heavy atom. The number of nitrogens with one attached hydrogen (secondary N) is 2. The summed E-state index contributed by atoms with van der Waals surface area (Å²) >= 11 is 0. The van der Waals surface area contributed by atoms with Gasteiger partial charge in [-0.3, -0.25) is 5.32 Å². The summed E-state index contributed by atoms with van der Waals surface area (Å²) in [7, 11) is -3.88. The number of hydrogen-bond acceptors (Lipinski definition) is 11. The predicted molar refractivity (Wildman–Crippen MR) is 145 cm³/mol. The maximum atomic E-state index is 13.6. The Labute approximate surface area is 238 Å². The van der Waals surface area contributed by atoms with Crippen molar-refractivity contribution in [3.8, 4) is 17.2 Å². The second-order valence-corrected chi connectivity index (χ2v) is 12.9. The second kappa shape index (κ2) is 12.4. The van der Waals surface area contributed by atoms with Crippen molar-refractivity contribution in [2.45, 2.75) is 61.5 Å². The molecule has 13 heteroatoms. The van der Waals surface area contributed by atoms with E-state index in [2.05, 4.69) is 10.6 Å². The first kappa shape index (κ1) is 29.4. The average Bonchev–Trinajstić information content (AvgIpc) is 3.67. The Morgan fingerprint density at radius 2 is 1.85 bits per heavy atom. The molecule has 2 aromatic carbocycles. The van der Waals surface area contributed by atoms with Crippen molar-refractivity contribution in [2.75, 3.05) is 26.6 Å². The van der Waals surface area contributed by atoms with Gasteiger partial charge in [0, 0.05) is 12.6 Å². The number of phenols is 1. The standard InChI is InChI=1S/C28H36N2O10S/c1-16(2)26(41(34,35)19-7-8-23-24(12-19)39-15-38-23)29-13-22(32)21(11-17-3-5-18(31)6-4-17)30-28(33)40-25-14-37-27-20(25)9-10-36-27/h3-8,12,16,20-22,25-27,29,31-32H,9-11,13-15H2,1-2H3,(H,30,33)/t20-,21-,22+,25-,26?,27+/m0/s1. The number of aliphatic hydroxyl groups is 1. The quantitative estimate of drug-likeness (QED) is 0.302. The summed E-state index contributed by atoms with van der Waals surface area (Å²) in [5, 5.41) is 25.6. The number of sulfone groups is 1. The van der Waals surface area contributed by atoms with E-state index in [9.17, 15) is 23.4 Å². The van der Waals surface area contributed by atoms with Gasteiger partial charge in [0.25, 0.3) is 0 Å². The number of carbonyl (C=O) groups is 1.